The molecule has 3 rings (SSSR count). The smallest absolute Gasteiger partial charge is 0.260 e. The maximum absolute atomic E-state index is 12.5. The van der Waals surface area contributed by atoms with Gasteiger partial charge in [-0.15, -0.1) is 0 Å². The molecule has 9 heteroatoms. The molecule has 2 aromatic carbocycles. The first-order chi connectivity index (χ1) is 15.5. The molecule has 1 aromatic heterocycles. The van der Waals surface area contributed by atoms with Crippen LogP contribution >= 0.6 is 11.6 Å². The van der Waals surface area contributed by atoms with Crippen molar-refractivity contribution in [3.63, 3.8) is 0 Å². The number of nitrogens with one attached hydrogen (secondary N) is 1. The first kappa shape index (κ1) is 24.5. The first-order valence-corrected chi connectivity index (χ1v) is 12.5. The van der Waals surface area contributed by atoms with Crippen molar-refractivity contribution in [1.29, 1.82) is 0 Å². The molecule has 3 aromatic rings. The molecule has 0 saturated carbocycles. The van der Waals surface area contributed by atoms with Crippen LogP contribution in [0.15, 0.2) is 53.6 Å². The van der Waals surface area contributed by atoms with Gasteiger partial charge in [0.25, 0.3) is 5.91 Å². The van der Waals surface area contributed by atoms with Crippen molar-refractivity contribution in [2.24, 2.45) is 5.10 Å². The van der Waals surface area contributed by atoms with Crippen molar-refractivity contribution >= 4 is 39.4 Å². The standard InChI is InChI=1S/C24H27ClN4O3S/c1-16-7-6-8-22(11-16)29-18(3)13-20(19(29)4)14-26-27-24(30)15-28(33(5,31)32)23-10-9-21(25)12-17(23)2/h6-14H,15H2,1-5H3,(H,27,30)/b26-14-. The van der Waals surface area contributed by atoms with Crippen LogP contribution in [0.4, 0.5) is 5.69 Å². The highest BCUT2D eigenvalue weighted by Crippen LogP contribution is 2.25. The number of sulfonamides is 1. The molecule has 0 fully saturated rings. The van der Waals surface area contributed by atoms with E-state index < -0.39 is 22.5 Å². The molecular formula is C24H27ClN4O3S. The number of nitrogens with zero attached hydrogens (tertiary/aromatic N) is 3. The fourth-order valence-electron chi connectivity index (χ4n) is 3.70. The van der Waals surface area contributed by atoms with E-state index in [2.05, 4.69) is 21.2 Å². The van der Waals surface area contributed by atoms with Crippen LogP contribution in [0.2, 0.25) is 5.02 Å². The number of rotatable bonds is 7. The van der Waals surface area contributed by atoms with Gasteiger partial charge in [0.05, 0.1) is 18.2 Å². The largest absolute Gasteiger partial charge is 0.318 e. The first-order valence-electron chi connectivity index (χ1n) is 10.3. The maximum atomic E-state index is 12.5. The minimum absolute atomic E-state index is 0.391. The fourth-order valence-corrected chi connectivity index (χ4v) is 4.84. The van der Waals surface area contributed by atoms with E-state index in [-0.39, 0.29) is 0 Å². The highest BCUT2D eigenvalue weighted by molar-refractivity contribution is 7.92. The zero-order valence-electron chi connectivity index (χ0n) is 19.3. The van der Waals surface area contributed by atoms with E-state index in [0.717, 1.165) is 38.8 Å². The van der Waals surface area contributed by atoms with E-state index in [0.29, 0.717) is 16.3 Å². The Labute approximate surface area is 199 Å². The van der Waals surface area contributed by atoms with Gasteiger partial charge in [0.15, 0.2) is 0 Å². The average Bonchev–Trinajstić information content (AvgIpc) is 2.99. The normalized spacial score (nSPS) is 11.7. The number of aromatic nitrogens is 1. The second-order valence-electron chi connectivity index (χ2n) is 7.99. The van der Waals surface area contributed by atoms with Crippen molar-refractivity contribution in [2.45, 2.75) is 27.7 Å². The molecule has 0 saturated heterocycles. The van der Waals surface area contributed by atoms with Gasteiger partial charge in [-0.3, -0.25) is 9.10 Å². The molecule has 0 bridgehead atoms. The molecule has 1 heterocycles. The Morgan fingerprint density at radius 3 is 2.48 bits per heavy atom. The monoisotopic (exact) mass is 486 g/mol. The molecule has 1 N–H and O–H groups in total. The van der Waals surface area contributed by atoms with Crippen LogP contribution in [0, 0.1) is 27.7 Å². The van der Waals surface area contributed by atoms with Crippen LogP contribution in [0.25, 0.3) is 5.69 Å². The number of carbonyl (C=O) groups excluding carboxylic acids is 1. The topological polar surface area (TPSA) is 83.8 Å². The van der Waals surface area contributed by atoms with Crippen molar-refractivity contribution in [3.8, 4) is 5.69 Å². The summed E-state index contributed by atoms with van der Waals surface area (Å²) in [5.74, 6) is -0.557. The van der Waals surface area contributed by atoms with E-state index in [1.165, 1.54) is 0 Å². The SMILES string of the molecule is Cc1cccc(-n2c(C)cc(/C=N\NC(=O)CN(c3ccc(Cl)cc3C)S(C)(=O)=O)c2C)c1. The van der Waals surface area contributed by atoms with Crippen molar-refractivity contribution < 1.29 is 13.2 Å². The van der Waals surface area contributed by atoms with E-state index in [1.54, 1.807) is 31.3 Å². The average molecular weight is 487 g/mol. The van der Waals surface area contributed by atoms with Gasteiger partial charge in [0.1, 0.15) is 6.54 Å². The maximum Gasteiger partial charge on any atom is 0.260 e. The number of hydrogen-bond donors (Lipinski definition) is 1. The molecule has 0 unspecified atom stereocenters. The number of hydrazone groups is 1. The highest BCUT2D eigenvalue weighted by atomic mass is 35.5. The molecular weight excluding hydrogens is 460 g/mol. The van der Waals surface area contributed by atoms with E-state index in [1.807, 2.05) is 45.0 Å². The summed E-state index contributed by atoms with van der Waals surface area (Å²) in [6.45, 7) is 7.36. The molecule has 0 radical (unpaired) electrons. The lowest BCUT2D eigenvalue weighted by Crippen LogP contribution is -2.39. The number of hydrogen-bond acceptors (Lipinski definition) is 4. The minimum Gasteiger partial charge on any atom is -0.318 e. The number of amides is 1. The van der Waals surface area contributed by atoms with Crippen LogP contribution in [0.3, 0.4) is 0 Å². The molecule has 174 valence electrons. The fraction of sp³-hybridized carbons (Fsp3) is 0.250. The van der Waals surface area contributed by atoms with Crippen molar-refractivity contribution in [1.82, 2.24) is 9.99 Å². The molecule has 0 spiro atoms. The zero-order valence-corrected chi connectivity index (χ0v) is 20.8. The van der Waals surface area contributed by atoms with Gasteiger partial charge in [-0.25, -0.2) is 13.8 Å². The van der Waals surface area contributed by atoms with Crippen LogP contribution in [0.5, 0.6) is 0 Å². The minimum atomic E-state index is -3.69. The number of halogens is 1. The summed E-state index contributed by atoms with van der Waals surface area (Å²) in [6, 6.07) is 15.0. The lowest BCUT2D eigenvalue weighted by Gasteiger charge is -2.23. The zero-order chi connectivity index (χ0) is 24.3. The molecule has 7 nitrogen and oxygen atoms in total. The Morgan fingerprint density at radius 2 is 1.85 bits per heavy atom. The quantitative estimate of drug-likeness (QED) is 0.399. The van der Waals surface area contributed by atoms with Gasteiger partial charge in [0, 0.05) is 27.7 Å². The third-order valence-corrected chi connectivity index (χ3v) is 6.60. The lowest BCUT2D eigenvalue weighted by atomic mass is 10.2. The highest BCUT2D eigenvalue weighted by Gasteiger charge is 2.22. The van der Waals surface area contributed by atoms with E-state index in [4.69, 9.17) is 11.6 Å². The predicted molar refractivity (Wildman–Crippen MR) is 134 cm³/mol. The van der Waals surface area contributed by atoms with Crippen LogP contribution < -0.4 is 9.73 Å². The summed E-state index contributed by atoms with van der Waals surface area (Å²) in [7, 11) is -3.69. The molecule has 0 atom stereocenters. The van der Waals surface area contributed by atoms with Gasteiger partial charge < -0.3 is 4.57 Å². The summed E-state index contributed by atoms with van der Waals surface area (Å²) in [5, 5.41) is 4.54. The van der Waals surface area contributed by atoms with E-state index >= 15 is 0 Å². The summed E-state index contributed by atoms with van der Waals surface area (Å²) in [4.78, 5) is 12.5. The molecule has 1 amide bonds. The van der Waals surface area contributed by atoms with Gasteiger partial charge in [0.2, 0.25) is 10.0 Å². The Kier molecular flexibility index (Phi) is 7.29. The number of aryl methyl sites for hydroxylation is 3. The molecule has 0 aliphatic rings. The van der Waals surface area contributed by atoms with Crippen molar-refractivity contribution in [3.05, 3.63) is 81.6 Å². The second-order valence-corrected chi connectivity index (χ2v) is 10.3. The Balaban J connectivity index is 1.76. The lowest BCUT2D eigenvalue weighted by molar-refractivity contribution is -0.119. The van der Waals surface area contributed by atoms with Crippen LogP contribution in [-0.2, 0) is 14.8 Å². The third kappa shape index (κ3) is 5.83. The van der Waals surface area contributed by atoms with Gasteiger partial charge in [-0.2, -0.15) is 5.10 Å². The number of benzene rings is 2. The summed E-state index contributed by atoms with van der Waals surface area (Å²) < 4.78 is 27.8. The Bertz CT molecular complexity index is 1330. The summed E-state index contributed by atoms with van der Waals surface area (Å²) in [6.07, 6.45) is 2.61. The van der Waals surface area contributed by atoms with E-state index in [9.17, 15) is 13.2 Å². The Hall–Kier alpha value is -3.10. The molecule has 0 aliphatic heterocycles. The number of carbonyl (C=O) groups is 1. The van der Waals surface area contributed by atoms with Gasteiger partial charge in [-0.1, -0.05) is 23.7 Å². The second kappa shape index (κ2) is 9.80. The third-order valence-electron chi connectivity index (χ3n) is 5.24. The molecule has 0 aliphatic carbocycles. The number of anilines is 1. The summed E-state index contributed by atoms with van der Waals surface area (Å²) in [5.41, 5.74) is 8.54. The van der Waals surface area contributed by atoms with Gasteiger partial charge in [-0.05, 0) is 75.2 Å². The van der Waals surface area contributed by atoms with Gasteiger partial charge >= 0.3 is 0 Å². The Morgan fingerprint density at radius 1 is 1.12 bits per heavy atom. The van der Waals surface area contributed by atoms with Crippen LogP contribution in [-0.4, -0.2) is 37.9 Å². The predicted octanol–water partition coefficient (Wildman–Crippen LogP) is 4.28. The van der Waals surface area contributed by atoms with Crippen molar-refractivity contribution in [2.75, 3.05) is 17.1 Å². The van der Waals surface area contributed by atoms with Crippen LogP contribution in [0.1, 0.15) is 28.1 Å². The molecule has 33 heavy (non-hydrogen) atoms. The summed E-state index contributed by atoms with van der Waals surface area (Å²) >= 11 is 5.97.